The Labute approximate surface area is 107 Å². The van der Waals surface area contributed by atoms with Crippen LogP contribution in [0.3, 0.4) is 0 Å². The number of para-hydroxylation sites is 1. The summed E-state index contributed by atoms with van der Waals surface area (Å²) in [4.78, 5) is 4.30. The van der Waals surface area contributed by atoms with Crippen molar-refractivity contribution >= 4 is 0 Å². The average molecular weight is 243 g/mol. The smallest absolute Gasteiger partial charge is 0.122 e. The van der Waals surface area contributed by atoms with Gasteiger partial charge in [-0.15, -0.1) is 0 Å². The minimum Gasteiger partial charge on any atom is -0.496 e. The van der Waals surface area contributed by atoms with Crippen LogP contribution in [0.1, 0.15) is 17.2 Å². The Morgan fingerprint density at radius 1 is 1.17 bits per heavy atom. The van der Waals surface area contributed by atoms with Crippen LogP contribution in [0.5, 0.6) is 5.75 Å². The number of ether oxygens (including phenoxy) is 1. The van der Waals surface area contributed by atoms with Crippen molar-refractivity contribution in [3.8, 4) is 5.75 Å². The van der Waals surface area contributed by atoms with Gasteiger partial charge < -0.3 is 9.84 Å². The molecule has 0 saturated carbocycles. The molecular weight excluding hydrogens is 226 g/mol. The van der Waals surface area contributed by atoms with E-state index < -0.39 is 0 Å². The Balaban J connectivity index is 2.23. The second kappa shape index (κ2) is 6.17. The van der Waals surface area contributed by atoms with Crippen molar-refractivity contribution in [3.05, 3.63) is 59.9 Å². The maximum absolute atomic E-state index is 9.58. The fourth-order valence-corrected chi connectivity index (χ4v) is 2.05. The molecule has 3 nitrogen and oxygen atoms in total. The molecule has 1 aromatic heterocycles. The summed E-state index contributed by atoms with van der Waals surface area (Å²) < 4.78 is 5.33. The van der Waals surface area contributed by atoms with Crippen molar-refractivity contribution in [1.29, 1.82) is 0 Å². The minimum absolute atomic E-state index is 0.0102. The quantitative estimate of drug-likeness (QED) is 0.877. The zero-order valence-corrected chi connectivity index (χ0v) is 10.4. The van der Waals surface area contributed by atoms with Crippen molar-refractivity contribution in [2.45, 2.75) is 12.3 Å². The summed E-state index contributed by atoms with van der Waals surface area (Å²) in [6, 6.07) is 13.6. The van der Waals surface area contributed by atoms with Crippen LogP contribution in [0.2, 0.25) is 0 Å². The molecule has 2 aromatic rings. The molecule has 1 atom stereocenters. The summed E-state index contributed by atoms with van der Waals surface area (Å²) in [5, 5.41) is 9.58. The topological polar surface area (TPSA) is 42.4 Å². The van der Waals surface area contributed by atoms with E-state index in [1.165, 1.54) is 0 Å². The van der Waals surface area contributed by atoms with E-state index in [-0.39, 0.29) is 12.5 Å². The van der Waals surface area contributed by atoms with Gasteiger partial charge in [-0.2, -0.15) is 0 Å². The van der Waals surface area contributed by atoms with Crippen LogP contribution in [-0.4, -0.2) is 23.8 Å². The molecule has 1 N–H and O–H groups in total. The summed E-state index contributed by atoms with van der Waals surface area (Å²) in [6.45, 7) is 0.0803. The number of pyridine rings is 1. The fourth-order valence-electron chi connectivity index (χ4n) is 2.05. The zero-order valence-electron chi connectivity index (χ0n) is 10.4. The highest BCUT2D eigenvalue weighted by atomic mass is 16.5. The monoisotopic (exact) mass is 243 g/mol. The standard InChI is InChI=1S/C15H17NO2/c1-18-15-8-3-2-7-14(15)12(11-17)10-13-6-4-5-9-16-13/h2-9,12,17H,10-11H2,1H3. The van der Waals surface area contributed by atoms with E-state index in [9.17, 15) is 5.11 Å². The molecule has 0 bridgehead atoms. The predicted octanol–water partition coefficient (Wildman–Crippen LogP) is 2.41. The van der Waals surface area contributed by atoms with Crippen LogP contribution < -0.4 is 4.74 Å². The van der Waals surface area contributed by atoms with Gasteiger partial charge in [0, 0.05) is 17.8 Å². The molecule has 1 heterocycles. The summed E-state index contributed by atoms with van der Waals surface area (Å²) in [5.41, 5.74) is 2.00. The number of nitrogens with zero attached hydrogens (tertiary/aromatic N) is 1. The number of aliphatic hydroxyl groups is 1. The van der Waals surface area contributed by atoms with E-state index in [0.29, 0.717) is 6.42 Å². The Morgan fingerprint density at radius 2 is 1.94 bits per heavy atom. The van der Waals surface area contributed by atoms with Crippen molar-refractivity contribution < 1.29 is 9.84 Å². The van der Waals surface area contributed by atoms with E-state index in [0.717, 1.165) is 17.0 Å². The van der Waals surface area contributed by atoms with Crippen LogP contribution in [0.4, 0.5) is 0 Å². The molecule has 0 radical (unpaired) electrons. The lowest BCUT2D eigenvalue weighted by Crippen LogP contribution is -2.10. The van der Waals surface area contributed by atoms with Gasteiger partial charge in [-0.05, 0) is 30.2 Å². The molecule has 0 aliphatic heterocycles. The summed E-state index contributed by atoms with van der Waals surface area (Å²) in [6.07, 6.45) is 2.48. The number of hydrogen-bond acceptors (Lipinski definition) is 3. The number of hydrogen-bond donors (Lipinski definition) is 1. The van der Waals surface area contributed by atoms with Crippen LogP contribution in [0.25, 0.3) is 0 Å². The molecule has 0 aliphatic rings. The number of aromatic nitrogens is 1. The van der Waals surface area contributed by atoms with Crippen molar-refractivity contribution in [3.63, 3.8) is 0 Å². The van der Waals surface area contributed by atoms with Gasteiger partial charge in [-0.1, -0.05) is 24.3 Å². The number of aliphatic hydroxyl groups excluding tert-OH is 1. The van der Waals surface area contributed by atoms with Gasteiger partial charge in [-0.25, -0.2) is 0 Å². The lowest BCUT2D eigenvalue weighted by atomic mass is 9.94. The molecular formula is C15H17NO2. The van der Waals surface area contributed by atoms with Crippen LogP contribution in [0, 0.1) is 0 Å². The molecule has 3 heteroatoms. The van der Waals surface area contributed by atoms with Gasteiger partial charge in [-0.3, -0.25) is 4.98 Å². The molecule has 1 aromatic carbocycles. The average Bonchev–Trinajstić information content (AvgIpc) is 2.46. The Hall–Kier alpha value is -1.87. The maximum atomic E-state index is 9.58. The fraction of sp³-hybridized carbons (Fsp3) is 0.267. The van der Waals surface area contributed by atoms with Gasteiger partial charge >= 0.3 is 0 Å². The van der Waals surface area contributed by atoms with Gasteiger partial charge in [0.25, 0.3) is 0 Å². The lowest BCUT2D eigenvalue weighted by Gasteiger charge is -2.17. The number of rotatable bonds is 5. The molecule has 1 unspecified atom stereocenters. The highest BCUT2D eigenvalue weighted by Gasteiger charge is 2.15. The molecule has 2 rings (SSSR count). The highest BCUT2D eigenvalue weighted by Crippen LogP contribution is 2.28. The predicted molar refractivity (Wildman–Crippen MR) is 70.8 cm³/mol. The molecule has 0 fully saturated rings. The van der Waals surface area contributed by atoms with Gasteiger partial charge in [0.15, 0.2) is 0 Å². The number of benzene rings is 1. The third kappa shape index (κ3) is 2.87. The van der Waals surface area contributed by atoms with E-state index in [4.69, 9.17) is 4.74 Å². The SMILES string of the molecule is COc1ccccc1C(CO)Cc1ccccn1. The highest BCUT2D eigenvalue weighted by molar-refractivity contribution is 5.37. The van der Waals surface area contributed by atoms with Gasteiger partial charge in [0.05, 0.1) is 13.7 Å². The van der Waals surface area contributed by atoms with E-state index >= 15 is 0 Å². The first kappa shape index (κ1) is 12.6. The van der Waals surface area contributed by atoms with Crippen LogP contribution in [-0.2, 0) is 6.42 Å². The summed E-state index contributed by atoms with van der Waals surface area (Å²) >= 11 is 0. The minimum atomic E-state index is 0.0102. The Morgan fingerprint density at radius 3 is 2.61 bits per heavy atom. The van der Waals surface area contributed by atoms with Crippen molar-refractivity contribution in [1.82, 2.24) is 4.98 Å². The zero-order chi connectivity index (χ0) is 12.8. The second-order valence-electron chi connectivity index (χ2n) is 4.15. The molecule has 0 amide bonds. The van der Waals surface area contributed by atoms with Gasteiger partial charge in [0.2, 0.25) is 0 Å². The van der Waals surface area contributed by atoms with E-state index in [1.807, 2.05) is 42.5 Å². The van der Waals surface area contributed by atoms with Gasteiger partial charge in [0.1, 0.15) is 5.75 Å². The molecule has 18 heavy (non-hydrogen) atoms. The second-order valence-corrected chi connectivity index (χ2v) is 4.15. The third-order valence-electron chi connectivity index (χ3n) is 2.98. The van der Waals surface area contributed by atoms with E-state index in [1.54, 1.807) is 13.3 Å². The summed E-state index contributed by atoms with van der Waals surface area (Å²) in [7, 11) is 1.65. The summed E-state index contributed by atoms with van der Waals surface area (Å²) in [5.74, 6) is 0.823. The van der Waals surface area contributed by atoms with E-state index in [2.05, 4.69) is 4.98 Å². The normalized spacial score (nSPS) is 12.1. The maximum Gasteiger partial charge on any atom is 0.122 e. The van der Waals surface area contributed by atoms with Crippen LogP contribution >= 0.6 is 0 Å². The van der Waals surface area contributed by atoms with Crippen molar-refractivity contribution in [2.24, 2.45) is 0 Å². The largest absolute Gasteiger partial charge is 0.496 e. The molecule has 0 spiro atoms. The van der Waals surface area contributed by atoms with Crippen molar-refractivity contribution in [2.75, 3.05) is 13.7 Å². The molecule has 0 saturated heterocycles. The Bertz CT molecular complexity index is 485. The molecule has 94 valence electrons. The first-order valence-corrected chi connectivity index (χ1v) is 5.99. The Kier molecular flexibility index (Phi) is 4.31. The van der Waals surface area contributed by atoms with Crippen LogP contribution in [0.15, 0.2) is 48.7 Å². The molecule has 0 aliphatic carbocycles. The number of methoxy groups -OCH3 is 1. The first-order chi connectivity index (χ1) is 8.85. The third-order valence-corrected chi connectivity index (χ3v) is 2.98. The first-order valence-electron chi connectivity index (χ1n) is 5.99. The lowest BCUT2D eigenvalue weighted by molar-refractivity contribution is 0.260.